The highest BCUT2D eigenvalue weighted by Gasteiger charge is 2.51. The third-order valence-electron chi connectivity index (χ3n) is 11.2. The fourth-order valence-electron chi connectivity index (χ4n) is 8.21. The standard InChI is InChI=1S/C49H68O7Si/c1-37(56-57(49(5,6)7,41-27-19-13-20-28-41)42-29-21-14-22-30-42)35-39-25-17-10-9-11-18-26-40(50)31-32-43(51)45(39)46(55-36-38-23-15-12-16-24-38)44(53-8)33-34-54-47(52)48(2,3)4/h10,12-17,19-24,27-30,37,39,44-46H,9,11,18,25-26,31-36H2,1-8H3/b17-10+/t37-,39-,44+,45-,46-/m0/s1. The summed E-state index contributed by atoms with van der Waals surface area (Å²) >= 11 is 0. The largest absolute Gasteiger partial charge is 0.465 e. The molecule has 0 spiro atoms. The molecule has 3 aromatic carbocycles. The Kier molecular flexibility index (Phi) is 17.7. The quantitative estimate of drug-likeness (QED) is 0.0860. The molecular formula is C49H68O7Si. The Morgan fingerprint density at radius 3 is 1.95 bits per heavy atom. The van der Waals surface area contributed by atoms with Crippen molar-refractivity contribution >= 4 is 36.2 Å². The van der Waals surface area contributed by atoms with Crippen LogP contribution in [0, 0.1) is 17.3 Å². The Hall–Kier alpha value is -3.69. The van der Waals surface area contributed by atoms with Crippen LogP contribution in [0.25, 0.3) is 0 Å². The van der Waals surface area contributed by atoms with Crippen LogP contribution in [0.1, 0.15) is 112 Å². The predicted molar refractivity (Wildman–Crippen MR) is 232 cm³/mol. The summed E-state index contributed by atoms with van der Waals surface area (Å²) in [5.41, 5.74) is 0.322. The molecular weight excluding hydrogens is 729 g/mol. The number of ketones is 2. The second-order valence-electron chi connectivity index (χ2n) is 17.8. The first-order valence-corrected chi connectivity index (χ1v) is 22.9. The number of hydrogen-bond donors (Lipinski definition) is 0. The maximum absolute atomic E-state index is 14.9. The van der Waals surface area contributed by atoms with Crippen LogP contribution in [-0.4, -0.2) is 57.9 Å². The van der Waals surface area contributed by atoms with E-state index in [1.165, 1.54) is 10.4 Å². The molecule has 8 heteroatoms. The highest BCUT2D eigenvalue weighted by Crippen LogP contribution is 2.40. The van der Waals surface area contributed by atoms with Gasteiger partial charge in [-0.25, -0.2) is 0 Å². The Morgan fingerprint density at radius 2 is 1.39 bits per heavy atom. The number of Topliss-reactive ketones (excluding diaryl/α,β-unsaturated/α-hetero) is 2. The van der Waals surface area contributed by atoms with Gasteiger partial charge in [0.1, 0.15) is 11.6 Å². The number of carbonyl (C=O) groups excluding carboxylic acids is 3. The Morgan fingerprint density at radius 1 is 0.789 bits per heavy atom. The van der Waals surface area contributed by atoms with E-state index in [1.807, 2.05) is 63.2 Å². The molecule has 0 unspecified atom stereocenters. The smallest absolute Gasteiger partial charge is 0.311 e. The van der Waals surface area contributed by atoms with E-state index in [1.54, 1.807) is 7.11 Å². The van der Waals surface area contributed by atoms with Crippen LogP contribution in [-0.2, 0) is 39.6 Å². The SMILES string of the molecule is CO[C@H](CCOC(=O)C(C)(C)C)[C@H](OCc1ccccc1)[C@@H]1C(=O)CCC(=O)CCCC/C=C/C[C@H]1C[C@H](C)O[Si](c1ccccc1)(c1ccccc1)C(C)(C)C. The topological polar surface area (TPSA) is 88.1 Å². The van der Waals surface area contributed by atoms with Gasteiger partial charge in [0, 0.05) is 44.8 Å². The van der Waals surface area contributed by atoms with Gasteiger partial charge >= 0.3 is 5.97 Å². The lowest BCUT2D eigenvalue weighted by Gasteiger charge is -2.45. The van der Waals surface area contributed by atoms with E-state index in [0.29, 0.717) is 25.7 Å². The Bertz CT molecular complexity index is 1650. The molecule has 4 rings (SSSR count). The van der Waals surface area contributed by atoms with Crippen molar-refractivity contribution in [2.45, 2.75) is 136 Å². The summed E-state index contributed by atoms with van der Waals surface area (Å²) in [5, 5.41) is 2.17. The third-order valence-corrected chi connectivity index (χ3v) is 16.4. The fourth-order valence-corrected chi connectivity index (χ4v) is 12.9. The summed E-state index contributed by atoms with van der Waals surface area (Å²) in [4.78, 5) is 40.8. The molecule has 0 heterocycles. The molecule has 1 aliphatic carbocycles. The van der Waals surface area contributed by atoms with Gasteiger partial charge in [0.05, 0.1) is 30.8 Å². The molecule has 7 nitrogen and oxygen atoms in total. The first kappa shape index (κ1) is 46.0. The molecule has 1 aliphatic rings. The molecule has 5 atom stereocenters. The summed E-state index contributed by atoms with van der Waals surface area (Å²) < 4.78 is 26.4. The lowest BCUT2D eigenvalue weighted by atomic mass is 9.75. The molecule has 3 aromatic rings. The van der Waals surface area contributed by atoms with Gasteiger partial charge in [0.2, 0.25) is 0 Å². The number of esters is 1. The normalized spacial score (nSPS) is 20.0. The van der Waals surface area contributed by atoms with Gasteiger partial charge < -0.3 is 18.6 Å². The van der Waals surface area contributed by atoms with E-state index in [0.717, 1.165) is 24.8 Å². The Labute approximate surface area is 344 Å². The van der Waals surface area contributed by atoms with E-state index in [2.05, 4.69) is 88.4 Å². The highest BCUT2D eigenvalue weighted by atomic mass is 28.4. The first-order valence-electron chi connectivity index (χ1n) is 21.0. The monoisotopic (exact) mass is 796 g/mol. The number of allylic oxidation sites excluding steroid dienone is 2. The van der Waals surface area contributed by atoms with E-state index in [9.17, 15) is 14.4 Å². The second-order valence-corrected chi connectivity index (χ2v) is 22.0. The van der Waals surface area contributed by atoms with Crippen molar-refractivity contribution < 1.29 is 33.0 Å². The fraction of sp³-hybridized carbons (Fsp3) is 0.531. The molecule has 57 heavy (non-hydrogen) atoms. The molecule has 0 amide bonds. The van der Waals surface area contributed by atoms with Crippen molar-refractivity contribution in [1.29, 1.82) is 0 Å². The summed E-state index contributed by atoms with van der Waals surface area (Å²) in [6.07, 6.45) is 7.91. The third kappa shape index (κ3) is 13.2. The number of benzene rings is 3. The Balaban J connectivity index is 1.81. The molecule has 310 valence electrons. The van der Waals surface area contributed by atoms with Crippen LogP contribution in [0.3, 0.4) is 0 Å². The molecule has 0 saturated heterocycles. The lowest BCUT2D eigenvalue weighted by Crippen LogP contribution is -2.67. The first-order chi connectivity index (χ1) is 27.2. The maximum Gasteiger partial charge on any atom is 0.311 e. The molecule has 0 aromatic heterocycles. The number of carbonyl (C=O) groups is 3. The number of methoxy groups -OCH3 is 1. The van der Waals surface area contributed by atoms with Crippen LogP contribution in [0.2, 0.25) is 5.04 Å². The van der Waals surface area contributed by atoms with Crippen LogP contribution < -0.4 is 10.4 Å². The average molecular weight is 797 g/mol. The van der Waals surface area contributed by atoms with Crippen molar-refractivity contribution in [3.63, 3.8) is 0 Å². The highest BCUT2D eigenvalue weighted by molar-refractivity contribution is 6.99. The number of rotatable bonds is 15. The molecule has 0 saturated carbocycles. The minimum Gasteiger partial charge on any atom is -0.465 e. The van der Waals surface area contributed by atoms with Gasteiger partial charge in [-0.2, -0.15) is 0 Å². The number of ether oxygens (including phenoxy) is 3. The summed E-state index contributed by atoms with van der Waals surface area (Å²) in [6, 6.07) is 31.2. The van der Waals surface area contributed by atoms with Crippen LogP contribution >= 0.6 is 0 Å². The van der Waals surface area contributed by atoms with E-state index in [4.69, 9.17) is 18.6 Å². The van der Waals surface area contributed by atoms with Gasteiger partial charge in [-0.15, -0.1) is 0 Å². The summed E-state index contributed by atoms with van der Waals surface area (Å²) in [7, 11) is -1.29. The maximum atomic E-state index is 14.9. The van der Waals surface area contributed by atoms with E-state index in [-0.39, 0.29) is 60.7 Å². The molecule has 0 fully saturated rings. The summed E-state index contributed by atoms with van der Waals surface area (Å²) in [5.74, 6) is -1.02. The van der Waals surface area contributed by atoms with Crippen LogP contribution in [0.5, 0.6) is 0 Å². The van der Waals surface area contributed by atoms with Crippen molar-refractivity contribution in [1.82, 2.24) is 0 Å². The zero-order valence-electron chi connectivity index (χ0n) is 35.8. The number of hydrogen-bond acceptors (Lipinski definition) is 7. The lowest BCUT2D eigenvalue weighted by molar-refractivity contribution is -0.158. The summed E-state index contributed by atoms with van der Waals surface area (Å²) in [6.45, 7) is 14.9. The zero-order chi connectivity index (χ0) is 41.5. The molecule has 0 radical (unpaired) electrons. The van der Waals surface area contributed by atoms with E-state index >= 15 is 0 Å². The van der Waals surface area contributed by atoms with Gasteiger partial charge in [-0.3, -0.25) is 14.4 Å². The minimum absolute atomic E-state index is 0.00885. The zero-order valence-corrected chi connectivity index (χ0v) is 36.8. The molecule has 0 aliphatic heterocycles. The predicted octanol–water partition coefficient (Wildman–Crippen LogP) is 9.59. The molecule has 0 N–H and O–H groups in total. The van der Waals surface area contributed by atoms with Gasteiger partial charge in [0.25, 0.3) is 8.32 Å². The second kappa shape index (κ2) is 21.9. The molecule has 0 bridgehead atoms. The van der Waals surface area contributed by atoms with Crippen LogP contribution in [0.4, 0.5) is 0 Å². The van der Waals surface area contributed by atoms with Crippen molar-refractivity contribution in [2.24, 2.45) is 17.3 Å². The van der Waals surface area contributed by atoms with Gasteiger partial charge in [-0.1, -0.05) is 124 Å². The minimum atomic E-state index is -2.92. The van der Waals surface area contributed by atoms with Crippen molar-refractivity contribution in [2.75, 3.05) is 13.7 Å². The average Bonchev–Trinajstić information content (AvgIpc) is 3.19. The van der Waals surface area contributed by atoms with Gasteiger partial charge in [0.15, 0.2) is 0 Å². The van der Waals surface area contributed by atoms with Crippen molar-refractivity contribution in [3.05, 3.63) is 109 Å². The van der Waals surface area contributed by atoms with E-state index < -0.39 is 31.9 Å². The van der Waals surface area contributed by atoms with Crippen LogP contribution in [0.15, 0.2) is 103 Å². The van der Waals surface area contributed by atoms with Gasteiger partial charge in [-0.05, 0) is 86.7 Å². The van der Waals surface area contributed by atoms with Crippen molar-refractivity contribution in [3.8, 4) is 0 Å².